The Hall–Kier alpha value is -3.67. The minimum absolute atomic E-state index is 0.0281. The Kier molecular flexibility index (Phi) is 7.58. The maximum atomic E-state index is 13.4. The van der Waals surface area contributed by atoms with Crippen molar-refractivity contribution < 1.29 is 14.3 Å². The summed E-state index contributed by atoms with van der Waals surface area (Å²) >= 11 is 0. The van der Waals surface area contributed by atoms with E-state index in [1.54, 1.807) is 12.3 Å². The number of ether oxygens (including phenoxy) is 1. The molecule has 3 aromatic rings. The monoisotopic (exact) mass is 457 g/mol. The Morgan fingerprint density at radius 1 is 1.03 bits per heavy atom. The van der Waals surface area contributed by atoms with Crippen molar-refractivity contribution in [2.75, 3.05) is 19.7 Å². The van der Waals surface area contributed by atoms with E-state index in [-0.39, 0.29) is 17.7 Å². The smallest absolute Gasteiger partial charge is 0.256 e. The van der Waals surface area contributed by atoms with E-state index in [2.05, 4.69) is 10.3 Å². The Morgan fingerprint density at radius 3 is 2.53 bits per heavy atom. The molecule has 1 aliphatic heterocycles. The van der Waals surface area contributed by atoms with Gasteiger partial charge in [0.1, 0.15) is 5.75 Å². The number of hydrogen-bond acceptors (Lipinski definition) is 4. The highest BCUT2D eigenvalue weighted by Crippen LogP contribution is 2.27. The van der Waals surface area contributed by atoms with Crippen LogP contribution in [0.1, 0.15) is 41.3 Å². The molecule has 6 nitrogen and oxygen atoms in total. The lowest BCUT2D eigenvalue weighted by atomic mass is 9.94. The summed E-state index contributed by atoms with van der Waals surface area (Å²) < 4.78 is 5.65. The van der Waals surface area contributed by atoms with Crippen LogP contribution in [0.4, 0.5) is 0 Å². The van der Waals surface area contributed by atoms with Gasteiger partial charge in [0, 0.05) is 42.9 Å². The van der Waals surface area contributed by atoms with Crippen molar-refractivity contribution in [3.05, 3.63) is 83.6 Å². The van der Waals surface area contributed by atoms with Crippen LogP contribution in [0, 0.1) is 12.8 Å². The van der Waals surface area contributed by atoms with Crippen molar-refractivity contribution in [3.8, 4) is 17.0 Å². The van der Waals surface area contributed by atoms with Gasteiger partial charge in [-0.05, 0) is 50.5 Å². The van der Waals surface area contributed by atoms with Gasteiger partial charge in [-0.2, -0.15) is 0 Å². The molecule has 1 saturated heterocycles. The van der Waals surface area contributed by atoms with Crippen molar-refractivity contribution in [3.63, 3.8) is 0 Å². The zero-order valence-corrected chi connectivity index (χ0v) is 19.8. The van der Waals surface area contributed by atoms with E-state index < -0.39 is 0 Å². The van der Waals surface area contributed by atoms with E-state index in [9.17, 15) is 9.59 Å². The number of pyridine rings is 1. The van der Waals surface area contributed by atoms with Crippen LogP contribution in [0.15, 0.2) is 66.9 Å². The summed E-state index contributed by atoms with van der Waals surface area (Å²) in [6.07, 6.45) is 3.01. The molecule has 6 heteroatoms. The molecule has 0 radical (unpaired) electrons. The molecule has 2 heterocycles. The van der Waals surface area contributed by atoms with Gasteiger partial charge in [-0.15, -0.1) is 0 Å². The third-order valence-corrected chi connectivity index (χ3v) is 6.32. The first-order valence-corrected chi connectivity index (χ1v) is 11.9. The van der Waals surface area contributed by atoms with E-state index in [1.165, 1.54) is 0 Å². The third kappa shape index (κ3) is 5.28. The number of nitrogens with zero attached hydrogens (tertiary/aromatic N) is 2. The quantitative estimate of drug-likeness (QED) is 0.562. The second kappa shape index (κ2) is 11.0. The van der Waals surface area contributed by atoms with Crippen molar-refractivity contribution >= 4 is 11.8 Å². The Balaban J connectivity index is 1.37. The standard InChI is InChI=1S/C28H31N3O3/c1-3-34-25-13-7-5-10-22(25)19-30-27(32)21-14-17-31(18-15-21)28(33)24-12-8-16-29-26(24)23-11-6-4-9-20(23)2/h4-13,16,21H,3,14-15,17-19H2,1-2H3,(H,30,32). The number of aryl methyl sites for hydroxylation is 1. The van der Waals surface area contributed by atoms with Crippen LogP contribution in [-0.4, -0.2) is 41.4 Å². The molecule has 0 aliphatic carbocycles. The first-order chi connectivity index (χ1) is 16.6. The number of para-hydroxylation sites is 1. The molecule has 34 heavy (non-hydrogen) atoms. The molecule has 0 spiro atoms. The Labute approximate surface area is 201 Å². The summed E-state index contributed by atoms with van der Waals surface area (Å²) in [6.45, 7) is 6.09. The molecule has 2 aromatic carbocycles. The number of likely N-dealkylation sites (tertiary alicyclic amines) is 1. The normalized spacial score (nSPS) is 14.0. The number of amides is 2. The average molecular weight is 458 g/mol. The van der Waals surface area contributed by atoms with Crippen molar-refractivity contribution in [2.45, 2.75) is 33.2 Å². The number of hydrogen-bond donors (Lipinski definition) is 1. The molecule has 1 N–H and O–H groups in total. The topological polar surface area (TPSA) is 71.5 Å². The second-order valence-electron chi connectivity index (χ2n) is 8.54. The minimum atomic E-state index is -0.104. The molecule has 1 aromatic heterocycles. The average Bonchev–Trinajstić information content (AvgIpc) is 2.88. The highest BCUT2D eigenvalue weighted by molar-refractivity contribution is 6.00. The zero-order chi connectivity index (χ0) is 23.9. The fraction of sp³-hybridized carbons (Fsp3) is 0.321. The lowest BCUT2D eigenvalue weighted by molar-refractivity contribution is -0.126. The van der Waals surface area contributed by atoms with Crippen LogP contribution in [0.25, 0.3) is 11.3 Å². The predicted molar refractivity (Wildman–Crippen MR) is 132 cm³/mol. The van der Waals surface area contributed by atoms with Crippen LogP contribution in [0.3, 0.4) is 0 Å². The number of nitrogens with one attached hydrogen (secondary N) is 1. The molecule has 0 unspecified atom stereocenters. The number of carbonyl (C=O) groups is 2. The Morgan fingerprint density at radius 2 is 1.76 bits per heavy atom. The van der Waals surface area contributed by atoms with E-state index in [0.29, 0.717) is 50.3 Å². The van der Waals surface area contributed by atoms with Gasteiger partial charge < -0.3 is 15.0 Å². The van der Waals surface area contributed by atoms with Gasteiger partial charge in [-0.3, -0.25) is 14.6 Å². The molecular weight excluding hydrogens is 426 g/mol. The molecule has 2 amide bonds. The fourth-order valence-electron chi connectivity index (χ4n) is 4.42. The van der Waals surface area contributed by atoms with Crippen LogP contribution in [0.5, 0.6) is 5.75 Å². The van der Waals surface area contributed by atoms with Crippen LogP contribution >= 0.6 is 0 Å². The van der Waals surface area contributed by atoms with E-state index in [4.69, 9.17) is 4.74 Å². The zero-order valence-electron chi connectivity index (χ0n) is 19.8. The Bertz CT molecular complexity index is 1150. The molecular formula is C28H31N3O3. The highest BCUT2D eigenvalue weighted by Gasteiger charge is 2.29. The molecule has 0 bridgehead atoms. The summed E-state index contributed by atoms with van der Waals surface area (Å²) in [7, 11) is 0. The first-order valence-electron chi connectivity index (χ1n) is 11.9. The van der Waals surface area contributed by atoms with Crippen LogP contribution in [0.2, 0.25) is 0 Å². The number of carbonyl (C=O) groups excluding carboxylic acids is 2. The molecule has 1 fully saturated rings. The lowest BCUT2D eigenvalue weighted by Gasteiger charge is -2.31. The fourth-order valence-corrected chi connectivity index (χ4v) is 4.42. The minimum Gasteiger partial charge on any atom is -0.494 e. The summed E-state index contributed by atoms with van der Waals surface area (Å²) in [6, 6.07) is 19.3. The maximum Gasteiger partial charge on any atom is 0.256 e. The molecule has 4 rings (SSSR count). The van der Waals surface area contributed by atoms with Crippen molar-refractivity contribution in [1.82, 2.24) is 15.2 Å². The maximum absolute atomic E-state index is 13.4. The predicted octanol–water partition coefficient (Wildman–Crippen LogP) is 4.62. The number of rotatable bonds is 7. The van der Waals surface area contributed by atoms with E-state index in [1.807, 2.05) is 73.3 Å². The second-order valence-corrected chi connectivity index (χ2v) is 8.54. The van der Waals surface area contributed by atoms with Gasteiger partial charge in [0.05, 0.1) is 17.9 Å². The summed E-state index contributed by atoms with van der Waals surface area (Å²) in [5.74, 6) is 0.691. The van der Waals surface area contributed by atoms with Gasteiger partial charge in [0.25, 0.3) is 5.91 Å². The summed E-state index contributed by atoms with van der Waals surface area (Å²) in [5, 5.41) is 3.05. The molecule has 0 atom stereocenters. The van der Waals surface area contributed by atoms with Crippen LogP contribution < -0.4 is 10.1 Å². The highest BCUT2D eigenvalue weighted by atomic mass is 16.5. The summed E-state index contributed by atoms with van der Waals surface area (Å²) in [5.41, 5.74) is 4.32. The van der Waals surface area contributed by atoms with Crippen LogP contribution in [-0.2, 0) is 11.3 Å². The van der Waals surface area contributed by atoms with Crippen molar-refractivity contribution in [2.24, 2.45) is 5.92 Å². The largest absolute Gasteiger partial charge is 0.494 e. The third-order valence-electron chi connectivity index (χ3n) is 6.32. The van der Waals surface area contributed by atoms with Gasteiger partial charge >= 0.3 is 0 Å². The molecule has 1 aliphatic rings. The molecule has 176 valence electrons. The SMILES string of the molecule is CCOc1ccccc1CNC(=O)C1CCN(C(=O)c2cccnc2-c2ccccc2C)CC1. The summed E-state index contributed by atoms with van der Waals surface area (Å²) in [4.78, 5) is 32.5. The van der Waals surface area contributed by atoms with Gasteiger partial charge in [0.2, 0.25) is 5.91 Å². The number of benzene rings is 2. The van der Waals surface area contributed by atoms with Crippen molar-refractivity contribution in [1.29, 1.82) is 0 Å². The van der Waals surface area contributed by atoms with Gasteiger partial charge in [-0.25, -0.2) is 0 Å². The number of piperidine rings is 1. The first kappa shape index (κ1) is 23.5. The van der Waals surface area contributed by atoms with Gasteiger partial charge in [0.15, 0.2) is 0 Å². The molecule has 0 saturated carbocycles. The van der Waals surface area contributed by atoms with E-state index >= 15 is 0 Å². The van der Waals surface area contributed by atoms with Gasteiger partial charge in [-0.1, -0.05) is 42.5 Å². The lowest BCUT2D eigenvalue weighted by Crippen LogP contribution is -2.43. The van der Waals surface area contributed by atoms with E-state index in [0.717, 1.165) is 22.4 Å². The number of aromatic nitrogens is 1.